The predicted molar refractivity (Wildman–Crippen MR) is 229 cm³/mol. The fourth-order valence-electron chi connectivity index (χ4n) is 7.59. The Labute approximate surface area is 377 Å². The van der Waals surface area contributed by atoms with Gasteiger partial charge in [-0.15, -0.1) is 5.10 Å². The minimum Gasteiger partial charge on any atom is -0.444 e. The van der Waals surface area contributed by atoms with Gasteiger partial charge in [0.05, 0.1) is 46.9 Å². The van der Waals surface area contributed by atoms with E-state index in [0.717, 1.165) is 11.2 Å². The van der Waals surface area contributed by atoms with Crippen LogP contribution in [0.4, 0.5) is 30.4 Å². The van der Waals surface area contributed by atoms with E-state index >= 15 is 0 Å². The smallest absolute Gasteiger partial charge is 0.405 e. The van der Waals surface area contributed by atoms with Crippen LogP contribution in [0.2, 0.25) is 0 Å². The van der Waals surface area contributed by atoms with Crippen LogP contribution in [0.1, 0.15) is 96.3 Å². The first-order valence-electron chi connectivity index (χ1n) is 20.9. The van der Waals surface area contributed by atoms with Crippen LogP contribution in [-0.2, 0) is 22.6 Å². The average molecular weight is 921 g/mol. The molecule has 1 fully saturated rings. The highest BCUT2D eigenvalue weighted by Gasteiger charge is 2.45. The van der Waals surface area contributed by atoms with Gasteiger partial charge in [-0.1, -0.05) is 11.3 Å². The van der Waals surface area contributed by atoms with Crippen molar-refractivity contribution >= 4 is 58.2 Å². The fraction of sp³-hybridized carbons (Fsp3) is 0.273. The van der Waals surface area contributed by atoms with Crippen molar-refractivity contribution in [3.05, 3.63) is 113 Å². The SMILES string of the molecule is NC(=O)c1nn(-c2ccc(C(=O)CCCCn3cc(CCNc4cccc5c4C(=O)N(C4CCC(=O)CC4=O)C5=O)nn3)cc2)cc1NC(=O)c1coc(-c2ccnc(NCC(F)(F)F)c2)n1. The molecule has 0 bridgehead atoms. The number of Topliss-reactive ketones (excluding diaryl/α,β-unsaturated/α-hetero) is 3. The maximum atomic E-state index is 13.4. The van der Waals surface area contributed by atoms with Gasteiger partial charge < -0.3 is 26.1 Å². The Bertz CT molecular complexity index is 2920. The molecule has 1 atom stereocenters. The number of pyridine rings is 1. The molecule has 1 unspecified atom stereocenters. The summed E-state index contributed by atoms with van der Waals surface area (Å²) in [7, 11) is 0. The van der Waals surface area contributed by atoms with E-state index < -0.39 is 48.2 Å². The number of ketones is 3. The number of carbonyl (C=O) groups excluding carboxylic acids is 7. The van der Waals surface area contributed by atoms with Gasteiger partial charge in [-0.2, -0.15) is 18.3 Å². The Morgan fingerprint density at radius 1 is 0.940 bits per heavy atom. The summed E-state index contributed by atoms with van der Waals surface area (Å²) >= 11 is 0. The zero-order valence-corrected chi connectivity index (χ0v) is 35.2. The number of primary amides is 1. The van der Waals surface area contributed by atoms with E-state index in [1.165, 1.54) is 29.2 Å². The summed E-state index contributed by atoms with van der Waals surface area (Å²) in [6.45, 7) is -0.432. The number of alkyl halides is 3. The molecule has 20 nitrogen and oxygen atoms in total. The number of aromatic nitrogens is 7. The molecule has 0 spiro atoms. The molecule has 1 saturated carbocycles. The number of aryl methyl sites for hydroxylation is 1. The zero-order valence-electron chi connectivity index (χ0n) is 35.2. The van der Waals surface area contributed by atoms with Crippen molar-refractivity contribution in [1.29, 1.82) is 0 Å². The van der Waals surface area contributed by atoms with Crippen LogP contribution >= 0.6 is 0 Å². The van der Waals surface area contributed by atoms with Crippen molar-refractivity contribution in [3.8, 4) is 17.1 Å². The Hall–Kier alpha value is -8.37. The summed E-state index contributed by atoms with van der Waals surface area (Å²) in [5.74, 6) is -3.75. The van der Waals surface area contributed by atoms with Crippen LogP contribution in [0.3, 0.4) is 0 Å². The molecule has 344 valence electrons. The lowest BCUT2D eigenvalue weighted by Gasteiger charge is -2.27. The highest BCUT2D eigenvalue weighted by molar-refractivity contribution is 6.25. The summed E-state index contributed by atoms with van der Waals surface area (Å²) < 4.78 is 46.2. The van der Waals surface area contributed by atoms with Crippen LogP contribution in [0.25, 0.3) is 17.1 Å². The molecular weight excluding hydrogens is 882 g/mol. The number of rotatable bonds is 18. The first-order valence-corrected chi connectivity index (χ1v) is 20.9. The Morgan fingerprint density at radius 3 is 2.51 bits per heavy atom. The first-order chi connectivity index (χ1) is 32.1. The summed E-state index contributed by atoms with van der Waals surface area (Å²) in [4.78, 5) is 98.2. The molecule has 2 aliphatic rings. The minimum atomic E-state index is -4.47. The molecule has 4 amide bonds. The third-order valence-electron chi connectivity index (χ3n) is 10.9. The molecule has 1 aliphatic carbocycles. The molecular formula is C44H39F3N12O8. The van der Waals surface area contributed by atoms with Crippen LogP contribution in [0.5, 0.6) is 0 Å². The molecule has 23 heteroatoms. The number of halogens is 3. The first kappa shape index (κ1) is 45.2. The van der Waals surface area contributed by atoms with E-state index in [1.54, 1.807) is 53.3 Å². The maximum absolute atomic E-state index is 13.4. The number of nitrogens with two attached hydrogens (primary N) is 1. The van der Waals surface area contributed by atoms with Gasteiger partial charge >= 0.3 is 6.18 Å². The normalized spacial score (nSPS) is 14.9. The Kier molecular flexibility index (Phi) is 12.8. The van der Waals surface area contributed by atoms with Gasteiger partial charge in [-0.3, -0.25) is 43.1 Å². The van der Waals surface area contributed by atoms with Crippen molar-refractivity contribution in [2.24, 2.45) is 5.73 Å². The van der Waals surface area contributed by atoms with Crippen LogP contribution in [0, 0.1) is 0 Å². The van der Waals surface area contributed by atoms with Crippen molar-refractivity contribution in [3.63, 3.8) is 0 Å². The fourth-order valence-corrected chi connectivity index (χ4v) is 7.59. The number of benzene rings is 2. The third kappa shape index (κ3) is 10.3. The number of hydrogen-bond acceptors (Lipinski definition) is 15. The number of nitrogens with zero attached hydrogens (tertiary/aromatic N) is 8. The average Bonchev–Trinajstić information content (AvgIpc) is 4.12. The standard InChI is InChI=1S/C44H39F3N12O8/c45-44(46,47)23-51-36-18-25(13-15-50-36)41-53-32(22-67-41)40(64)52-31-21-58(55-38(31)39(48)63)27-9-7-24(8-10-27)34(61)6-1-2-17-57-20-26(54-56-57)14-16-49-30-5-3-4-29-37(30)43(66)59(42(29)65)33-12-11-28(60)19-35(33)62/h3-5,7-10,13,15,18,20-22,33,49H,1-2,6,11-12,14,16-17,19,23H2,(H2,48,63)(H,50,51)(H,52,64). The number of hydrogen-bond donors (Lipinski definition) is 4. The third-order valence-corrected chi connectivity index (χ3v) is 10.9. The second-order valence-electron chi connectivity index (χ2n) is 15.6. The second kappa shape index (κ2) is 19.0. The molecule has 1 aliphatic heterocycles. The molecule has 0 radical (unpaired) electrons. The Morgan fingerprint density at radius 2 is 1.75 bits per heavy atom. The van der Waals surface area contributed by atoms with Gasteiger partial charge in [0.1, 0.15) is 24.4 Å². The molecule has 5 N–H and O–H groups in total. The van der Waals surface area contributed by atoms with Gasteiger partial charge in [0.15, 0.2) is 23.0 Å². The molecule has 5 heterocycles. The second-order valence-corrected chi connectivity index (χ2v) is 15.6. The highest BCUT2D eigenvalue weighted by atomic mass is 19.4. The Balaban J connectivity index is 0.795. The largest absolute Gasteiger partial charge is 0.444 e. The van der Waals surface area contributed by atoms with Crippen LogP contribution < -0.4 is 21.7 Å². The number of imide groups is 1. The molecule has 4 aromatic heterocycles. The zero-order chi connectivity index (χ0) is 47.4. The number of nitrogens with one attached hydrogen (secondary N) is 3. The topological polar surface area (TPSA) is 272 Å². The number of oxazole rings is 1. The van der Waals surface area contributed by atoms with Crippen molar-refractivity contribution in [2.45, 2.75) is 63.7 Å². The van der Waals surface area contributed by atoms with Crippen LogP contribution in [-0.4, -0.2) is 106 Å². The van der Waals surface area contributed by atoms with Crippen molar-refractivity contribution < 1.29 is 51.2 Å². The van der Waals surface area contributed by atoms with Gasteiger partial charge in [-0.05, 0) is 67.8 Å². The molecule has 67 heavy (non-hydrogen) atoms. The number of fused-ring (bicyclic) bond motifs is 1. The quantitative estimate of drug-likeness (QED) is 0.0389. The van der Waals surface area contributed by atoms with Crippen molar-refractivity contribution in [2.75, 3.05) is 29.0 Å². The maximum Gasteiger partial charge on any atom is 0.405 e. The number of carbonyl (C=O) groups is 7. The monoisotopic (exact) mass is 920 g/mol. The van der Waals surface area contributed by atoms with Gasteiger partial charge in [-0.25, -0.2) is 14.6 Å². The minimum absolute atomic E-state index is 0.0456. The lowest BCUT2D eigenvalue weighted by molar-refractivity contribution is -0.132. The number of anilines is 3. The van der Waals surface area contributed by atoms with Gasteiger partial charge in [0.25, 0.3) is 23.6 Å². The summed E-state index contributed by atoms with van der Waals surface area (Å²) in [5.41, 5.74) is 7.68. The van der Waals surface area contributed by atoms with E-state index in [-0.39, 0.29) is 82.7 Å². The lowest BCUT2D eigenvalue weighted by Crippen LogP contribution is -2.47. The predicted octanol–water partition coefficient (Wildman–Crippen LogP) is 4.83. The van der Waals surface area contributed by atoms with E-state index in [4.69, 9.17) is 10.2 Å². The lowest BCUT2D eigenvalue weighted by atomic mass is 9.92. The summed E-state index contributed by atoms with van der Waals surface area (Å²) in [6, 6.07) is 13.1. The van der Waals surface area contributed by atoms with E-state index in [9.17, 15) is 46.7 Å². The van der Waals surface area contributed by atoms with Crippen molar-refractivity contribution in [1.82, 2.24) is 39.6 Å². The van der Waals surface area contributed by atoms with E-state index in [2.05, 4.69) is 41.3 Å². The number of amides is 4. The molecule has 0 saturated heterocycles. The van der Waals surface area contributed by atoms with Crippen LogP contribution in [0.15, 0.2) is 83.9 Å². The van der Waals surface area contributed by atoms with Gasteiger partial charge in [0, 0.05) is 61.6 Å². The molecule has 8 rings (SSSR count). The van der Waals surface area contributed by atoms with E-state index in [1.807, 2.05) is 0 Å². The number of unbranched alkanes of at least 4 members (excludes halogenated alkanes) is 1. The molecule has 6 aromatic rings. The highest BCUT2D eigenvalue weighted by Crippen LogP contribution is 2.33. The summed E-state index contributed by atoms with van der Waals surface area (Å²) in [6.07, 6.45) is 2.81. The summed E-state index contributed by atoms with van der Waals surface area (Å²) in [5, 5.41) is 20.5. The van der Waals surface area contributed by atoms with E-state index in [0.29, 0.717) is 55.0 Å². The molecule has 2 aromatic carbocycles. The van der Waals surface area contributed by atoms with Gasteiger partial charge in [0.2, 0.25) is 5.89 Å².